The predicted molar refractivity (Wildman–Crippen MR) is 246 cm³/mol. The molecule has 2 saturated carbocycles. The van der Waals surface area contributed by atoms with Crippen molar-refractivity contribution in [2.75, 3.05) is 0 Å². The molecule has 0 N–H and O–H groups in total. The Kier molecular flexibility index (Phi) is 11.6. The number of fused-ring (bicyclic) bond motifs is 2. The van der Waals surface area contributed by atoms with E-state index in [-0.39, 0.29) is 7.25 Å². The molecule has 0 amide bonds. The van der Waals surface area contributed by atoms with E-state index in [1.54, 1.807) is 11.1 Å². The van der Waals surface area contributed by atoms with Gasteiger partial charge in [-0.15, -0.1) is 0 Å². The van der Waals surface area contributed by atoms with Gasteiger partial charge in [0.2, 0.25) is 0 Å². The average Bonchev–Trinajstić information content (AvgIpc) is 3.98. The number of hydrogen-bond donors (Lipinski definition) is 0. The third-order valence-electron chi connectivity index (χ3n) is 15.3. The van der Waals surface area contributed by atoms with E-state index in [1.807, 2.05) is 0 Å². The van der Waals surface area contributed by atoms with Crippen LogP contribution in [0, 0.1) is 24.7 Å². The van der Waals surface area contributed by atoms with Gasteiger partial charge >= 0.3 is 351 Å². The van der Waals surface area contributed by atoms with Crippen LogP contribution in [0.5, 0.6) is 0 Å². The molecule has 0 aliphatic heterocycles. The van der Waals surface area contributed by atoms with Crippen LogP contribution in [0.15, 0.2) is 96.1 Å². The summed E-state index contributed by atoms with van der Waals surface area (Å²) in [6.45, 7) is 14.3. The summed E-state index contributed by atoms with van der Waals surface area (Å²) in [5.41, 5.74) is 17.4. The summed E-state index contributed by atoms with van der Waals surface area (Å²) < 4.78 is 0.239. The molecular formula is C52H65Cl2SiZr. The maximum atomic E-state index is 9.20. The summed E-state index contributed by atoms with van der Waals surface area (Å²) in [5.74, 6) is -1.72. The zero-order valence-electron chi connectivity index (χ0n) is 35.1. The average molecular weight is 880 g/mol. The van der Waals surface area contributed by atoms with Gasteiger partial charge < -0.3 is 0 Å². The fraction of sp³-hybridized carbons (Fsp3) is 0.462. The molecule has 8 rings (SSSR count). The van der Waals surface area contributed by atoms with Gasteiger partial charge in [0, 0.05) is 0 Å². The molecule has 4 aliphatic rings. The monoisotopic (exact) mass is 877 g/mol. The molecule has 0 nitrogen and oxygen atoms in total. The Morgan fingerprint density at radius 1 is 0.571 bits per heavy atom. The first-order chi connectivity index (χ1) is 26.9. The molecule has 4 aromatic rings. The van der Waals surface area contributed by atoms with Crippen LogP contribution in [0.4, 0.5) is 0 Å². The zero-order chi connectivity index (χ0) is 39.3. The third-order valence-corrected chi connectivity index (χ3v) is 67.1. The third kappa shape index (κ3) is 7.11. The minimum atomic E-state index is -5.06. The van der Waals surface area contributed by atoms with Crippen LogP contribution in [0.1, 0.15) is 144 Å². The van der Waals surface area contributed by atoms with E-state index >= 15 is 0 Å². The van der Waals surface area contributed by atoms with Crippen LogP contribution in [0.25, 0.3) is 34.4 Å². The van der Waals surface area contributed by atoms with Gasteiger partial charge in [-0.2, -0.15) is 0 Å². The Bertz CT molecular complexity index is 1980. The molecule has 0 radical (unpaired) electrons. The number of aryl methyl sites for hydroxylation is 2. The van der Waals surface area contributed by atoms with Crippen LogP contribution in [0.2, 0.25) is 13.1 Å². The van der Waals surface area contributed by atoms with E-state index in [4.69, 9.17) is 0 Å². The van der Waals surface area contributed by atoms with Gasteiger partial charge in [-0.1, -0.05) is 0 Å². The van der Waals surface area contributed by atoms with E-state index in [9.17, 15) is 17.0 Å². The summed E-state index contributed by atoms with van der Waals surface area (Å²) >= 11 is -5.06. The number of benzene rings is 4. The van der Waals surface area contributed by atoms with E-state index < -0.39 is 21.5 Å². The SMILES string of the molecule is CCCC1(CC2=Cc3c(-c4ccc(C)cc4)cccc3[CH]2[Zr]([Cl])([Cl])([CH]2C(CC3(CCC)CCCC3)=Cc3c(-c4ccc(C)cc4)cccc32)[SiH](C)C)CCCC1. The molecule has 2 fully saturated rings. The second-order valence-corrected chi connectivity index (χ2v) is 61.8. The van der Waals surface area contributed by atoms with E-state index in [1.165, 1.54) is 133 Å². The molecule has 0 heterocycles. The van der Waals surface area contributed by atoms with Crippen LogP contribution < -0.4 is 0 Å². The van der Waals surface area contributed by atoms with Crippen molar-refractivity contribution in [3.8, 4) is 22.3 Å². The van der Waals surface area contributed by atoms with Crippen molar-refractivity contribution in [2.45, 2.75) is 138 Å². The second-order valence-electron chi connectivity index (χ2n) is 19.3. The molecule has 0 saturated heterocycles. The Labute approximate surface area is 348 Å². The van der Waals surface area contributed by atoms with Crippen molar-refractivity contribution in [2.24, 2.45) is 10.8 Å². The molecule has 2 atom stereocenters. The number of rotatable bonds is 13. The quantitative estimate of drug-likeness (QED) is 0.117. The molecular weight excluding hydrogens is 815 g/mol. The molecule has 4 aliphatic carbocycles. The van der Waals surface area contributed by atoms with Gasteiger partial charge in [0.05, 0.1) is 0 Å². The van der Waals surface area contributed by atoms with E-state index in [0.29, 0.717) is 10.8 Å². The van der Waals surface area contributed by atoms with Crippen LogP contribution >= 0.6 is 17.0 Å². The number of allylic oxidation sites excluding steroid dienone is 2. The summed E-state index contributed by atoms with van der Waals surface area (Å²) in [6, 6.07) is 32.6. The van der Waals surface area contributed by atoms with Crippen molar-refractivity contribution in [3.63, 3.8) is 0 Å². The Balaban J connectivity index is 1.37. The number of halogens is 2. The van der Waals surface area contributed by atoms with Crippen molar-refractivity contribution < 1.29 is 15.6 Å². The topological polar surface area (TPSA) is 0 Å². The van der Waals surface area contributed by atoms with Crippen molar-refractivity contribution in [1.82, 2.24) is 0 Å². The molecule has 56 heavy (non-hydrogen) atoms. The number of hydrogen-bond acceptors (Lipinski definition) is 0. The molecule has 2 unspecified atom stereocenters. The van der Waals surface area contributed by atoms with Gasteiger partial charge in [-0.3, -0.25) is 0 Å². The first kappa shape index (κ1) is 40.8. The predicted octanol–water partition coefficient (Wildman–Crippen LogP) is 16.7. The summed E-state index contributed by atoms with van der Waals surface area (Å²) in [4.78, 5) is 0. The Morgan fingerprint density at radius 3 is 1.29 bits per heavy atom. The molecule has 0 bridgehead atoms. The fourth-order valence-electron chi connectivity index (χ4n) is 12.5. The standard InChI is InChI=1S/2C25H29.C2H7Si.2ClH.Zr/c2*1-3-13-25(14-4-5-15-25)18-20-16-22-7-6-8-23(24(22)17-20)21-11-9-19(2)10-12-21;1-3-2;;;/h2*6-12,16-17H,3-5,13-15,18H2,1-2H3;3H,1-2H3;2*1H;/q;;;;;+2/p-2. The zero-order valence-corrected chi connectivity index (χ0v) is 40.2. The van der Waals surface area contributed by atoms with Crippen molar-refractivity contribution >= 4 is 35.1 Å². The van der Waals surface area contributed by atoms with Crippen molar-refractivity contribution in [1.29, 1.82) is 0 Å². The Morgan fingerprint density at radius 2 is 0.946 bits per heavy atom. The summed E-state index contributed by atoms with van der Waals surface area (Å²) in [7, 11) is 18.4. The maximum absolute atomic E-state index is 9.20. The van der Waals surface area contributed by atoms with Gasteiger partial charge in [0.15, 0.2) is 0 Å². The molecule has 0 aromatic heterocycles. The molecule has 0 spiro atoms. The normalized spacial score (nSPS) is 21.8. The van der Waals surface area contributed by atoms with Crippen LogP contribution in [-0.2, 0) is 15.6 Å². The molecule has 295 valence electrons. The van der Waals surface area contributed by atoms with Gasteiger partial charge in [0.1, 0.15) is 0 Å². The van der Waals surface area contributed by atoms with Crippen LogP contribution in [-0.4, -0.2) is 5.92 Å². The first-order valence-corrected chi connectivity index (χ1v) is 38.6. The molecule has 4 heteroatoms. The Hall–Kier alpha value is -1.96. The summed E-state index contributed by atoms with van der Waals surface area (Å²) in [6.07, 6.45) is 23.4. The van der Waals surface area contributed by atoms with Crippen LogP contribution in [0.3, 0.4) is 0 Å². The molecule has 4 aromatic carbocycles. The van der Waals surface area contributed by atoms with Crippen molar-refractivity contribution in [3.05, 3.63) is 129 Å². The fourth-order valence-corrected chi connectivity index (χ4v) is 43.8. The first-order valence-electron chi connectivity index (χ1n) is 22.3. The van der Waals surface area contributed by atoms with Gasteiger partial charge in [-0.05, 0) is 0 Å². The van der Waals surface area contributed by atoms with Gasteiger partial charge in [0.25, 0.3) is 0 Å². The minimum absolute atomic E-state index is 0.120. The van der Waals surface area contributed by atoms with E-state index in [2.05, 4.69) is 138 Å². The van der Waals surface area contributed by atoms with Gasteiger partial charge in [-0.25, -0.2) is 0 Å². The second kappa shape index (κ2) is 15.9. The van der Waals surface area contributed by atoms with E-state index in [0.717, 1.165) is 12.8 Å². The summed E-state index contributed by atoms with van der Waals surface area (Å²) in [5, 5.41) is 0.